The first-order valence-corrected chi connectivity index (χ1v) is 7.98. The maximum Gasteiger partial charge on any atom is 0.261 e. The zero-order valence-corrected chi connectivity index (χ0v) is 12.7. The fourth-order valence-corrected chi connectivity index (χ4v) is 2.96. The van der Waals surface area contributed by atoms with Crippen molar-refractivity contribution in [1.29, 1.82) is 0 Å². The van der Waals surface area contributed by atoms with E-state index in [-0.39, 0.29) is 10.6 Å². The van der Waals surface area contributed by atoms with Crippen molar-refractivity contribution < 1.29 is 8.42 Å². The number of sulfonamides is 1. The predicted molar refractivity (Wildman–Crippen MR) is 80.6 cm³/mol. The molecule has 0 radical (unpaired) electrons. The van der Waals surface area contributed by atoms with Gasteiger partial charge in [-0.3, -0.25) is 9.71 Å². The van der Waals surface area contributed by atoms with Gasteiger partial charge in [0.05, 0.1) is 21.8 Å². The molecule has 0 aliphatic carbocycles. The summed E-state index contributed by atoms with van der Waals surface area (Å²) in [4.78, 5) is 4.05. The van der Waals surface area contributed by atoms with Crippen LogP contribution in [0.3, 0.4) is 0 Å². The van der Waals surface area contributed by atoms with Crippen LogP contribution in [0, 0.1) is 0 Å². The fraction of sp³-hybridized carbons (Fsp3) is 0.214. The van der Waals surface area contributed by atoms with Crippen molar-refractivity contribution in [1.82, 2.24) is 4.98 Å². The molecule has 0 saturated heterocycles. The molecule has 0 fully saturated rings. The van der Waals surface area contributed by atoms with Crippen molar-refractivity contribution in [3.8, 4) is 0 Å². The number of pyridine rings is 1. The van der Waals surface area contributed by atoms with Gasteiger partial charge in [0.25, 0.3) is 10.0 Å². The average molecular weight is 311 g/mol. The third-order valence-electron chi connectivity index (χ3n) is 2.87. The number of aromatic nitrogens is 1. The number of rotatable bonds is 4. The Kier molecular flexibility index (Phi) is 4.30. The van der Waals surface area contributed by atoms with Gasteiger partial charge in [0, 0.05) is 6.20 Å². The Morgan fingerprint density at radius 2 is 1.80 bits per heavy atom. The molecule has 0 saturated carbocycles. The van der Waals surface area contributed by atoms with Gasteiger partial charge in [-0.15, -0.1) is 0 Å². The molecule has 6 heteroatoms. The van der Waals surface area contributed by atoms with Crippen LogP contribution in [-0.4, -0.2) is 13.4 Å². The van der Waals surface area contributed by atoms with Crippen LogP contribution in [0.25, 0.3) is 0 Å². The summed E-state index contributed by atoms with van der Waals surface area (Å²) in [6.07, 6.45) is 2.87. The smallest absolute Gasteiger partial charge is 0.261 e. The molecule has 0 aliphatic heterocycles. The monoisotopic (exact) mass is 310 g/mol. The van der Waals surface area contributed by atoms with Gasteiger partial charge >= 0.3 is 0 Å². The summed E-state index contributed by atoms with van der Waals surface area (Å²) in [5.74, 6) is 0.354. The van der Waals surface area contributed by atoms with Crippen molar-refractivity contribution in [2.45, 2.75) is 24.7 Å². The number of benzene rings is 1. The fourth-order valence-electron chi connectivity index (χ4n) is 1.69. The minimum atomic E-state index is -3.65. The Morgan fingerprint density at radius 3 is 2.35 bits per heavy atom. The van der Waals surface area contributed by atoms with E-state index in [9.17, 15) is 8.42 Å². The van der Waals surface area contributed by atoms with E-state index in [0.717, 1.165) is 5.56 Å². The number of halogens is 1. The quantitative estimate of drug-likeness (QED) is 0.937. The molecule has 1 N–H and O–H groups in total. The zero-order valence-electron chi connectivity index (χ0n) is 11.2. The van der Waals surface area contributed by atoms with Crippen LogP contribution in [0.2, 0.25) is 5.02 Å². The minimum Gasteiger partial charge on any atom is -0.277 e. The predicted octanol–water partition coefficient (Wildman–Crippen LogP) is 3.66. The number of nitrogens with one attached hydrogen (secondary N) is 1. The average Bonchev–Trinajstić information content (AvgIpc) is 2.41. The van der Waals surface area contributed by atoms with Gasteiger partial charge in [-0.05, 0) is 29.7 Å². The molecule has 0 spiro atoms. The summed E-state index contributed by atoms with van der Waals surface area (Å²) >= 11 is 5.92. The Morgan fingerprint density at radius 1 is 1.15 bits per heavy atom. The summed E-state index contributed by atoms with van der Waals surface area (Å²) < 4.78 is 26.9. The van der Waals surface area contributed by atoms with Gasteiger partial charge in [-0.1, -0.05) is 37.6 Å². The molecule has 1 aromatic heterocycles. The first kappa shape index (κ1) is 14.8. The lowest BCUT2D eigenvalue weighted by atomic mass is 10.0. The van der Waals surface area contributed by atoms with Gasteiger partial charge in [-0.2, -0.15) is 0 Å². The largest absolute Gasteiger partial charge is 0.277 e. The van der Waals surface area contributed by atoms with Gasteiger partial charge in [0.15, 0.2) is 0 Å². The van der Waals surface area contributed by atoms with Crippen LogP contribution in [0.4, 0.5) is 5.69 Å². The molecular formula is C14H15ClN2O2S. The molecule has 0 amide bonds. The lowest BCUT2D eigenvalue weighted by molar-refractivity contribution is 0.601. The summed E-state index contributed by atoms with van der Waals surface area (Å²) in [5.41, 5.74) is 1.35. The molecule has 20 heavy (non-hydrogen) atoms. The van der Waals surface area contributed by atoms with Gasteiger partial charge < -0.3 is 0 Å². The Labute approximate surface area is 123 Å². The third kappa shape index (κ3) is 3.29. The Hall–Kier alpha value is -1.59. The maximum atomic E-state index is 12.2. The highest BCUT2D eigenvalue weighted by molar-refractivity contribution is 7.92. The molecule has 2 rings (SSSR count). The molecule has 1 aromatic carbocycles. The van der Waals surface area contributed by atoms with Crippen molar-refractivity contribution >= 4 is 27.3 Å². The zero-order chi connectivity index (χ0) is 14.8. The SMILES string of the molecule is CC(C)c1ccc(S(=O)(=O)Nc2cnccc2Cl)cc1. The molecule has 0 bridgehead atoms. The highest BCUT2D eigenvalue weighted by Gasteiger charge is 2.15. The Balaban J connectivity index is 2.29. The first-order chi connectivity index (χ1) is 9.40. The normalized spacial score (nSPS) is 11.6. The molecule has 0 aliphatic rings. The summed E-state index contributed by atoms with van der Waals surface area (Å²) in [7, 11) is -3.65. The van der Waals surface area contributed by atoms with E-state index in [1.807, 2.05) is 12.1 Å². The second-order valence-corrected chi connectivity index (χ2v) is 6.77. The highest BCUT2D eigenvalue weighted by atomic mass is 35.5. The number of hydrogen-bond acceptors (Lipinski definition) is 3. The molecule has 4 nitrogen and oxygen atoms in total. The van der Waals surface area contributed by atoms with Crippen LogP contribution in [0.1, 0.15) is 25.3 Å². The molecule has 106 valence electrons. The maximum absolute atomic E-state index is 12.2. The van der Waals surface area contributed by atoms with E-state index in [1.165, 1.54) is 18.5 Å². The molecule has 0 unspecified atom stereocenters. The summed E-state index contributed by atoms with van der Waals surface area (Å²) in [6, 6.07) is 8.32. The van der Waals surface area contributed by atoms with E-state index in [1.54, 1.807) is 12.1 Å². The van der Waals surface area contributed by atoms with Gasteiger partial charge in [0.2, 0.25) is 0 Å². The molecule has 2 aromatic rings. The van der Waals surface area contributed by atoms with Crippen LogP contribution >= 0.6 is 11.6 Å². The van der Waals surface area contributed by atoms with Crippen LogP contribution in [0.15, 0.2) is 47.6 Å². The van der Waals surface area contributed by atoms with E-state index >= 15 is 0 Å². The number of anilines is 1. The second-order valence-electron chi connectivity index (χ2n) is 4.68. The lowest BCUT2D eigenvalue weighted by Crippen LogP contribution is -2.13. The minimum absolute atomic E-state index is 0.196. The van der Waals surface area contributed by atoms with E-state index < -0.39 is 10.0 Å². The van der Waals surface area contributed by atoms with Crippen LogP contribution < -0.4 is 4.72 Å². The lowest BCUT2D eigenvalue weighted by Gasteiger charge is -2.10. The Bertz CT molecular complexity index is 697. The van der Waals surface area contributed by atoms with Crippen LogP contribution in [-0.2, 0) is 10.0 Å². The van der Waals surface area contributed by atoms with Crippen molar-refractivity contribution in [3.63, 3.8) is 0 Å². The number of nitrogens with zero attached hydrogens (tertiary/aromatic N) is 1. The molecule has 1 heterocycles. The topological polar surface area (TPSA) is 59.1 Å². The van der Waals surface area contributed by atoms with E-state index in [2.05, 4.69) is 23.6 Å². The second kappa shape index (κ2) is 5.81. The van der Waals surface area contributed by atoms with Gasteiger partial charge in [-0.25, -0.2) is 8.42 Å². The van der Waals surface area contributed by atoms with Crippen molar-refractivity contribution in [2.24, 2.45) is 0 Å². The summed E-state index contributed by atoms with van der Waals surface area (Å²) in [5, 5.41) is 0.308. The highest BCUT2D eigenvalue weighted by Crippen LogP contribution is 2.24. The standard InChI is InChI=1S/C14H15ClN2O2S/c1-10(2)11-3-5-12(6-4-11)20(18,19)17-14-9-16-8-7-13(14)15/h3-10,17H,1-2H3. The summed E-state index contributed by atoms with van der Waals surface area (Å²) in [6.45, 7) is 4.11. The first-order valence-electron chi connectivity index (χ1n) is 6.12. The van der Waals surface area contributed by atoms with E-state index in [4.69, 9.17) is 11.6 Å². The number of hydrogen-bond donors (Lipinski definition) is 1. The molecular weight excluding hydrogens is 296 g/mol. The van der Waals surface area contributed by atoms with Crippen LogP contribution in [0.5, 0.6) is 0 Å². The van der Waals surface area contributed by atoms with Gasteiger partial charge in [0.1, 0.15) is 0 Å². The third-order valence-corrected chi connectivity index (χ3v) is 4.58. The van der Waals surface area contributed by atoms with Crippen molar-refractivity contribution in [2.75, 3.05) is 4.72 Å². The van der Waals surface area contributed by atoms with Crippen molar-refractivity contribution in [3.05, 3.63) is 53.3 Å². The van der Waals surface area contributed by atoms with E-state index in [0.29, 0.717) is 10.9 Å². The molecule has 0 atom stereocenters.